The molecular weight excluding hydrogens is 228 g/mol. The van der Waals surface area contributed by atoms with E-state index >= 15 is 0 Å². The second-order valence-corrected chi connectivity index (χ2v) is 4.50. The summed E-state index contributed by atoms with van der Waals surface area (Å²) in [5, 5.41) is 11.7. The Kier molecular flexibility index (Phi) is 6.39. The predicted octanol–water partition coefficient (Wildman–Crippen LogP) is 1.53. The van der Waals surface area contributed by atoms with E-state index in [9.17, 15) is 4.79 Å². The fraction of sp³-hybridized carbons (Fsp3) is 0.500. The number of carbonyl (C=O) groups is 1. The Bertz CT molecular complexity index is 380. The SMILES string of the molecule is CC(CCN)C(=O)Nc1cccc(CCCO)c1. The van der Waals surface area contributed by atoms with Gasteiger partial charge < -0.3 is 16.2 Å². The highest BCUT2D eigenvalue weighted by Crippen LogP contribution is 2.14. The van der Waals surface area contributed by atoms with Crippen molar-refractivity contribution in [2.24, 2.45) is 11.7 Å². The molecule has 100 valence electrons. The number of rotatable bonds is 7. The number of benzene rings is 1. The molecule has 1 amide bonds. The Morgan fingerprint density at radius 2 is 2.28 bits per heavy atom. The number of anilines is 1. The number of nitrogens with one attached hydrogen (secondary N) is 1. The van der Waals surface area contributed by atoms with Gasteiger partial charge in [-0.25, -0.2) is 0 Å². The maximum Gasteiger partial charge on any atom is 0.227 e. The van der Waals surface area contributed by atoms with Crippen LogP contribution in [0, 0.1) is 5.92 Å². The molecule has 0 aliphatic carbocycles. The van der Waals surface area contributed by atoms with Gasteiger partial charge in [-0.1, -0.05) is 19.1 Å². The highest BCUT2D eigenvalue weighted by atomic mass is 16.2. The molecule has 1 aromatic rings. The van der Waals surface area contributed by atoms with Crippen molar-refractivity contribution in [3.8, 4) is 0 Å². The molecule has 0 aliphatic rings. The van der Waals surface area contributed by atoms with Crippen LogP contribution in [0.25, 0.3) is 0 Å². The van der Waals surface area contributed by atoms with E-state index in [-0.39, 0.29) is 18.4 Å². The second kappa shape index (κ2) is 7.84. The summed E-state index contributed by atoms with van der Waals surface area (Å²) in [7, 11) is 0. The number of aliphatic hydroxyl groups excluding tert-OH is 1. The van der Waals surface area contributed by atoms with Crippen LogP contribution >= 0.6 is 0 Å². The summed E-state index contributed by atoms with van der Waals surface area (Å²) < 4.78 is 0. The third-order valence-corrected chi connectivity index (χ3v) is 2.87. The molecular formula is C14H22N2O2. The molecule has 4 N–H and O–H groups in total. The molecule has 4 nitrogen and oxygen atoms in total. The van der Waals surface area contributed by atoms with Crippen LogP contribution in [0.3, 0.4) is 0 Å². The quantitative estimate of drug-likeness (QED) is 0.687. The van der Waals surface area contributed by atoms with Gasteiger partial charge in [-0.2, -0.15) is 0 Å². The van der Waals surface area contributed by atoms with Crippen molar-refractivity contribution >= 4 is 11.6 Å². The van der Waals surface area contributed by atoms with Gasteiger partial charge in [0.1, 0.15) is 0 Å². The largest absolute Gasteiger partial charge is 0.396 e. The van der Waals surface area contributed by atoms with Gasteiger partial charge in [0.15, 0.2) is 0 Å². The summed E-state index contributed by atoms with van der Waals surface area (Å²) in [4.78, 5) is 11.8. The van der Waals surface area contributed by atoms with Gasteiger partial charge in [-0.05, 0) is 43.5 Å². The van der Waals surface area contributed by atoms with Crippen molar-refractivity contribution in [3.05, 3.63) is 29.8 Å². The van der Waals surface area contributed by atoms with Crippen molar-refractivity contribution in [1.82, 2.24) is 0 Å². The molecule has 0 saturated carbocycles. The lowest BCUT2D eigenvalue weighted by atomic mass is 10.1. The molecule has 0 aliphatic heterocycles. The minimum absolute atomic E-state index is 0.000224. The lowest BCUT2D eigenvalue weighted by Crippen LogP contribution is -2.22. The first-order chi connectivity index (χ1) is 8.67. The number of hydrogen-bond donors (Lipinski definition) is 3. The van der Waals surface area contributed by atoms with Crippen molar-refractivity contribution in [2.75, 3.05) is 18.5 Å². The number of carbonyl (C=O) groups excluding carboxylic acids is 1. The highest BCUT2D eigenvalue weighted by molar-refractivity contribution is 5.92. The molecule has 0 spiro atoms. The summed E-state index contributed by atoms with van der Waals surface area (Å²) in [6.07, 6.45) is 2.25. The Balaban J connectivity index is 2.58. The molecule has 0 aromatic heterocycles. The number of aliphatic hydroxyl groups is 1. The molecule has 0 fully saturated rings. The topological polar surface area (TPSA) is 75.4 Å². The predicted molar refractivity (Wildman–Crippen MR) is 73.3 cm³/mol. The Morgan fingerprint density at radius 3 is 2.94 bits per heavy atom. The fourth-order valence-corrected chi connectivity index (χ4v) is 1.73. The number of hydrogen-bond acceptors (Lipinski definition) is 3. The van der Waals surface area contributed by atoms with Crippen molar-refractivity contribution < 1.29 is 9.90 Å². The van der Waals surface area contributed by atoms with Crippen LogP contribution in [0.2, 0.25) is 0 Å². The average molecular weight is 250 g/mol. The lowest BCUT2D eigenvalue weighted by Gasteiger charge is -2.11. The second-order valence-electron chi connectivity index (χ2n) is 4.50. The lowest BCUT2D eigenvalue weighted by molar-refractivity contribution is -0.119. The molecule has 0 bridgehead atoms. The van der Waals surface area contributed by atoms with Crippen molar-refractivity contribution in [1.29, 1.82) is 0 Å². The molecule has 0 radical (unpaired) electrons. The summed E-state index contributed by atoms with van der Waals surface area (Å²) in [6.45, 7) is 2.58. The van der Waals surface area contributed by atoms with E-state index in [1.165, 1.54) is 0 Å². The highest BCUT2D eigenvalue weighted by Gasteiger charge is 2.11. The maximum absolute atomic E-state index is 11.8. The Morgan fingerprint density at radius 1 is 1.50 bits per heavy atom. The van der Waals surface area contributed by atoms with Gasteiger partial charge in [0.25, 0.3) is 0 Å². The molecule has 1 unspecified atom stereocenters. The molecule has 0 saturated heterocycles. The van der Waals surface area contributed by atoms with E-state index in [0.29, 0.717) is 13.0 Å². The summed E-state index contributed by atoms with van der Waals surface area (Å²) >= 11 is 0. The van der Waals surface area contributed by atoms with Crippen LogP contribution in [0.5, 0.6) is 0 Å². The standard InChI is InChI=1S/C14H22N2O2/c1-11(7-8-15)14(18)16-13-6-2-4-12(10-13)5-3-9-17/h2,4,6,10-11,17H,3,5,7-9,15H2,1H3,(H,16,18). The smallest absolute Gasteiger partial charge is 0.227 e. The molecule has 18 heavy (non-hydrogen) atoms. The zero-order chi connectivity index (χ0) is 13.4. The third kappa shape index (κ3) is 4.85. The fourth-order valence-electron chi connectivity index (χ4n) is 1.73. The zero-order valence-electron chi connectivity index (χ0n) is 10.9. The third-order valence-electron chi connectivity index (χ3n) is 2.87. The van der Waals surface area contributed by atoms with E-state index in [2.05, 4.69) is 5.32 Å². The van der Waals surface area contributed by atoms with E-state index in [0.717, 1.165) is 24.1 Å². The van der Waals surface area contributed by atoms with Crippen molar-refractivity contribution in [3.63, 3.8) is 0 Å². The zero-order valence-corrected chi connectivity index (χ0v) is 10.9. The minimum atomic E-state index is -0.0731. The van der Waals surface area contributed by atoms with Crippen LogP contribution in [0.15, 0.2) is 24.3 Å². The van der Waals surface area contributed by atoms with Gasteiger partial charge in [-0.3, -0.25) is 4.79 Å². The Hall–Kier alpha value is -1.39. The first kappa shape index (κ1) is 14.7. The first-order valence-electron chi connectivity index (χ1n) is 6.38. The van der Waals surface area contributed by atoms with Crippen LogP contribution < -0.4 is 11.1 Å². The number of aryl methyl sites for hydroxylation is 1. The first-order valence-corrected chi connectivity index (χ1v) is 6.38. The van der Waals surface area contributed by atoms with Crippen LogP contribution in [0.4, 0.5) is 5.69 Å². The van der Waals surface area contributed by atoms with Crippen LogP contribution in [0.1, 0.15) is 25.3 Å². The molecule has 4 heteroatoms. The molecule has 1 aromatic carbocycles. The normalized spacial score (nSPS) is 12.2. The van der Waals surface area contributed by atoms with E-state index in [1.807, 2.05) is 31.2 Å². The van der Waals surface area contributed by atoms with Crippen LogP contribution in [-0.4, -0.2) is 24.2 Å². The van der Waals surface area contributed by atoms with Gasteiger partial charge in [-0.15, -0.1) is 0 Å². The Labute approximate surface area is 108 Å². The van der Waals surface area contributed by atoms with Gasteiger partial charge in [0.05, 0.1) is 0 Å². The van der Waals surface area contributed by atoms with Gasteiger partial charge in [0.2, 0.25) is 5.91 Å². The van der Waals surface area contributed by atoms with Gasteiger partial charge >= 0.3 is 0 Å². The maximum atomic E-state index is 11.8. The van der Waals surface area contributed by atoms with E-state index in [4.69, 9.17) is 10.8 Å². The summed E-state index contributed by atoms with van der Waals surface area (Å²) in [5.41, 5.74) is 7.36. The van der Waals surface area contributed by atoms with Gasteiger partial charge in [0, 0.05) is 18.2 Å². The average Bonchev–Trinajstić information content (AvgIpc) is 2.37. The van der Waals surface area contributed by atoms with E-state index in [1.54, 1.807) is 0 Å². The van der Waals surface area contributed by atoms with Crippen LogP contribution in [-0.2, 0) is 11.2 Å². The number of nitrogens with two attached hydrogens (primary N) is 1. The summed E-state index contributed by atoms with van der Waals surface area (Å²) in [5.74, 6) is -0.0733. The molecule has 1 atom stereocenters. The summed E-state index contributed by atoms with van der Waals surface area (Å²) in [6, 6.07) is 7.72. The van der Waals surface area contributed by atoms with E-state index < -0.39 is 0 Å². The molecule has 0 heterocycles. The monoisotopic (exact) mass is 250 g/mol. The minimum Gasteiger partial charge on any atom is -0.396 e. The molecule has 1 rings (SSSR count). The van der Waals surface area contributed by atoms with Crippen molar-refractivity contribution in [2.45, 2.75) is 26.2 Å². The number of amides is 1.